The first-order chi connectivity index (χ1) is 12.0. The van der Waals surface area contributed by atoms with Gasteiger partial charge in [-0.1, -0.05) is 18.2 Å². The number of nitrogens with one attached hydrogen (secondary N) is 2. The molecule has 0 radical (unpaired) electrons. The molecule has 7 heteroatoms. The topological polar surface area (TPSA) is 84.5 Å². The maximum Gasteiger partial charge on any atom is 0.339 e. The van der Waals surface area contributed by atoms with Gasteiger partial charge in [0.15, 0.2) is 6.61 Å². The lowest BCUT2D eigenvalue weighted by Crippen LogP contribution is -2.23. The van der Waals surface area contributed by atoms with Crippen LogP contribution in [0.3, 0.4) is 0 Å². The summed E-state index contributed by atoms with van der Waals surface area (Å²) in [7, 11) is 0. The van der Waals surface area contributed by atoms with E-state index in [0.29, 0.717) is 27.8 Å². The number of carbonyl (C=O) groups excluding carboxylic acids is 3. The Morgan fingerprint density at radius 1 is 1.08 bits per heavy atom. The fraction of sp³-hybridized carbons (Fsp3) is 0.167. The molecule has 0 heterocycles. The summed E-state index contributed by atoms with van der Waals surface area (Å²) in [5.74, 6) is -1.31. The molecule has 130 valence electrons. The van der Waals surface area contributed by atoms with Gasteiger partial charge in [-0.15, -0.1) is 0 Å². The Labute approximate surface area is 153 Å². The molecule has 2 rings (SSSR count). The monoisotopic (exact) mass is 404 g/mol. The molecule has 0 bridgehead atoms. The van der Waals surface area contributed by atoms with E-state index in [9.17, 15) is 14.4 Å². The third-order valence-corrected chi connectivity index (χ3v) is 3.87. The molecule has 25 heavy (non-hydrogen) atoms. The minimum absolute atomic E-state index is 0.223. The predicted molar refractivity (Wildman–Crippen MR) is 97.5 cm³/mol. The Morgan fingerprint density at radius 3 is 2.56 bits per heavy atom. The highest BCUT2D eigenvalue weighted by Crippen LogP contribution is 2.17. The summed E-state index contributed by atoms with van der Waals surface area (Å²) >= 11 is 3.25. The fourth-order valence-electron chi connectivity index (χ4n) is 2.03. The largest absolute Gasteiger partial charge is 0.452 e. The molecule has 0 aliphatic rings. The molecule has 0 saturated carbocycles. The molecule has 0 aliphatic heterocycles. The number of rotatable bonds is 6. The molecule has 2 aromatic rings. The highest BCUT2D eigenvalue weighted by molar-refractivity contribution is 9.10. The smallest absolute Gasteiger partial charge is 0.339 e. The quantitative estimate of drug-likeness (QED) is 0.724. The molecule has 0 saturated heterocycles. The van der Waals surface area contributed by atoms with Gasteiger partial charge in [0.1, 0.15) is 0 Å². The average Bonchev–Trinajstić information content (AvgIpc) is 2.60. The number of anilines is 1. The predicted octanol–water partition coefficient (Wildman–Crippen LogP) is 2.99. The van der Waals surface area contributed by atoms with Crippen LogP contribution in [0.4, 0.5) is 5.69 Å². The molecule has 0 unspecified atom stereocenters. The Kier molecular flexibility index (Phi) is 6.71. The zero-order valence-electron chi connectivity index (χ0n) is 13.5. The van der Waals surface area contributed by atoms with Gasteiger partial charge in [-0.25, -0.2) is 4.79 Å². The third-order valence-electron chi connectivity index (χ3n) is 3.17. The minimum atomic E-state index is -0.598. The Balaban J connectivity index is 1.92. The molecular weight excluding hydrogens is 388 g/mol. The molecule has 0 aliphatic carbocycles. The van der Waals surface area contributed by atoms with Gasteiger partial charge in [0.2, 0.25) is 0 Å². The van der Waals surface area contributed by atoms with Crippen LogP contribution in [0.5, 0.6) is 0 Å². The van der Waals surface area contributed by atoms with Crippen molar-refractivity contribution in [3.05, 3.63) is 64.1 Å². The maximum absolute atomic E-state index is 12.0. The molecule has 2 N–H and O–H groups in total. The van der Waals surface area contributed by atoms with Gasteiger partial charge in [-0.2, -0.15) is 0 Å². The second-order valence-corrected chi connectivity index (χ2v) is 5.90. The molecule has 0 spiro atoms. The number of carbonyl (C=O) groups is 3. The van der Waals surface area contributed by atoms with Crippen molar-refractivity contribution >= 4 is 39.4 Å². The van der Waals surface area contributed by atoms with E-state index >= 15 is 0 Å². The van der Waals surface area contributed by atoms with Gasteiger partial charge in [0.25, 0.3) is 11.8 Å². The molecule has 0 atom stereocenters. The van der Waals surface area contributed by atoms with Gasteiger partial charge in [-0.05, 0) is 53.2 Å². The Hall–Kier alpha value is -2.67. The van der Waals surface area contributed by atoms with E-state index in [1.54, 1.807) is 48.5 Å². The van der Waals surface area contributed by atoms with Crippen molar-refractivity contribution < 1.29 is 19.1 Å². The highest BCUT2D eigenvalue weighted by Gasteiger charge is 2.13. The van der Waals surface area contributed by atoms with E-state index in [1.165, 1.54) is 0 Å². The highest BCUT2D eigenvalue weighted by atomic mass is 79.9. The van der Waals surface area contributed by atoms with Gasteiger partial charge >= 0.3 is 5.97 Å². The first-order valence-corrected chi connectivity index (χ1v) is 8.40. The van der Waals surface area contributed by atoms with Crippen LogP contribution in [0.2, 0.25) is 0 Å². The molecule has 0 aromatic heterocycles. The number of esters is 1. The van der Waals surface area contributed by atoms with Gasteiger partial charge in [0.05, 0.1) is 5.56 Å². The first-order valence-electron chi connectivity index (χ1n) is 7.61. The van der Waals surface area contributed by atoms with Crippen LogP contribution in [-0.4, -0.2) is 30.9 Å². The lowest BCUT2D eigenvalue weighted by atomic mass is 10.2. The average molecular weight is 405 g/mol. The van der Waals surface area contributed by atoms with Crippen molar-refractivity contribution in [1.29, 1.82) is 0 Å². The second kappa shape index (κ2) is 8.98. The number of hydrogen-bond acceptors (Lipinski definition) is 4. The maximum atomic E-state index is 12.0. The minimum Gasteiger partial charge on any atom is -0.452 e. The summed E-state index contributed by atoms with van der Waals surface area (Å²) in [5.41, 5.74) is 1.23. The van der Waals surface area contributed by atoms with Crippen LogP contribution in [-0.2, 0) is 9.53 Å². The molecule has 6 nitrogen and oxygen atoms in total. The van der Waals surface area contributed by atoms with Crippen LogP contribution in [0, 0.1) is 0 Å². The fourth-order valence-corrected chi connectivity index (χ4v) is 2.48. The van der Waals surface area contributed by atoms with E-state index in [1.807, 2.05) is 6.92 Å². The van der Waals surface area contributed by atoms with Gasteiger partial charge in [-0.3, -0.25) is 9.59 Å². The van der Waals surface area contributed by atoms with Crippen LogP contribution >= 0.6 is 15.9 Å². The van der Waals surface area contributed by atoms with E-state index in [2.05, 4.69) is 26.6 Å². The van der Waals surface area contributed by atoms with E-state index in [0.717, 1.165) is 0 Å². The Bertz CT molecular complexity index is 792. The SMILES string of the molecule is CCNC(=O)c1cccc(NC(=O)COC(=O)c2ccccc2Br)c1. The van der Waals surface area contributed by atoms with Gasteiger partial charge < -0.3 is 15.4 Å². The number of benzene rings is 2. The van der Waals surface area contributed by atoms with Crippen molar-refractivity contribution in [2.45, 2.75) is 6.92 Å². The van der Waals surface area contributed by atoms with Crippen LogP contribution < -0.4 is 10.6 Å². The summed E-state index contributed by atoms with van der Waals surface area (Å²) in [6.07, 6.45) is 0. The van der Waals surface area contributed by atoms with Crippen molar-refractivity contribution in [3.63, 3.8) is 0 Å². The standard InChI is InChI=1S/C18H17BrN2O4/c1-2-20-17(23)12-6-5-7-13(10-12)21-16(22)11-25-18(24)14-8-3-4-9-15(14)19/h3-10H,2,11H2,1H3,(H,20,23)(H,21,22). The molecule has 0 fully saturated rings. The van der Waals surface area contributed by atoms with Crippen molar-refractivity contribution in [2.24, 2.45) is 0 Å². The first kappa shape index (κ1) is 18.7. The van der Waals surface area contributed by atoms with Crippen molar-refractivity contribution in [1.82, 2.24) is 5.32 Å². The molecular formula is C18H17BrN2O4. The zero-order chi connectivity index (χ0) is 18.2. The Morgan fingerprint density at radius 2 is 1.84 bits per heavy atom. The number of hydrogen-bond donors (Lipinski definition) is 2. The van der Waals surface area contributed by atoms with E-state index in [4.69, 9.17) is 4.74 Å². The van der Waals surface area contributed by atoms with Crippen LogP contribution in [0.1, 0.15) is 27.6 Å². The van der Waals surface area contributed by atoms with Crippen molar-refractivity contribution in [3.8, 4) is 0 Å². The van der Waals surface area contributed by atoms with Crippen LogP contribution in [0.25, 0.3) is 0 Å². The van der Waals surface area contributed by atoms with E-state index in [-0.39, 0.29) is 5.91 Å². The lowest BCUT2D eigenvalue weighted by Gasteiger charge is -2.09. The summed E-state index contributed by atoms with van der Waals surface area (Å²) in [4.78, 5) is 35.7. The van der Waals surface area contributed by atoms with Gasteiger partial charge in [0, 0.05) is 22.3 Å². The summed E-state index contributed by atoms with van der Waals surface area (Å²) in [6, 6.07) is 13.3. The van der Waals surface area contributed by atoms with E-state index < -0.39 is 18.5 Å². The summed E-state index contributed by atoms with van der Waals surface area (Å²) in [6.45, 7) is 1.91. The van der Waals surface area contributed by atoms with Crippen LogP contribution in [0.15, 0.2) is 53.0 Å². The summed E-state index contributed by atoms with van der Waals surface area (Å²) in [5, 5.41) is 5.27. The molecule has 2 aromatic carbocycles. The number of halogens is 1. The third kappa shape index (κ3) is 5.42. The van der Waals surface area contributed by atoms with Crippen molar-refractivity contribution in [2.75, 3.05) is 18.5 Å². The normalized spacial score (nSPS) is 10.0. The lowest BCUT2D eigenvalue weighted by molar-refractivity contribution is -0.119. The zero-order valence-corrected chi connectivity index (χ0v) is 15.1. The second-order valence-electron chi connectivity index (χ2n) is 5.04. The summed E-state index contributed by atoms with van der Waals surface area (Å²) < 4.78 is 5.59. The number of ether oxygens (including phenoxy) is 1. The number of amides is 2. The molecule has 2 amide bonds.